The van der Waals surface area contributed by atoms with Gasteiger partial charge in [0.2, 0.25) is 11.8 Å². The average molecular weight is 651 g/mol. The summed E-state index contributed by atoms with van der Waals surface area (Å²) in [5.74, 6) is -0.488. The Morgan fingerprint density at radius 2 is 1.63 bits per heavy atom. The molecule has 0 aliphatic carbocycles. The van der Waals surface area contributed by atoms with Crippen LogP contribution in [0.15, 0.2) is 65.6 Å². The van der Waals surface area contributed by atoms with Crippen LogP contribution in [0.3, 0.4) is 0 Å². The summed E-state index contributed by atoms with van der Waals surface area (Å²) in [5.41, 5.74) is 1.39. The van der Waals surface area contributed by atoms with Gasteiger partial charge in [0.15, 0.2) is 0 Å². The Labute approximate surface area is 263 Å². The molecule has 12 heteroatoms. The average Bonchev–Trinajstić information content (AvgIpc) is 2.99. The molecule has 1 atom stereocenters. The van der Waals surface area contributed by atoms with Crippen molar-refractivity contribution in [1.82, 2.24) is 10.2 Å². The smallest absolute Gasteiger partial charge is 0.264 e. The van der Waals surface area contributed by atoms with Gasteiger partial charge < -0.3 is 19.7 Å². The number of ether oxygens (including phenoxy) is 2. The Morgan fingerprint density at radius 3 is 2.21 bits per heavy atom. The van der Waals surface area contributed by atoms with Crippen molar-refractivity contribution in [1.29, 1.82) is 0 Å². The molecule has 0 bridgehead atoms. The van der Waals surface area contributed by atoms with Crippen LogP contribution in [-0.4, -0.2) is 58.5 Å². The molecular formula is C31H37Cl2N3O6S. The fourth-order valence-corrected chi connectivity index (χ4v) is 6.25. The molecule has 3 aromatic rings. The van der Waals surface area contributed by atoms with Gasteiger partial charge in [-0.15, -0.1) is 0 Å². The number of nitrogens with one attached hydrogen (secondary N) is 1. The highest BCUT2D eigenvalue weighted by atomic mass is 35.5. The Morgan fingerprint density at radius 1 is 0.977 bits per heavy atom. The van der Waals surface area contributed by atoms with E-state index in [-0.39, 0.29) is 22.9 Å². The second-order valence-corrected chi connectivity index (χ2v) is 12.6. The highest BCUT2D eigenvalue weighted by molar-refractivity contribution is 7.92. The number of carbonyl (C=O) groups excluding carboxylic acids is 2. The van der Waals surface area contributed by atoms with Crippen LogP contribution in [0.5, 0.6) is 11.5 Å². The third-order valence-corrected chi connectivity index (χ3v) is 9.41. The van der Waals surface area contributed by atoms with Gasteiger partial charge in [-0.2, -0.15) is 0 Å². The third kappa shape index (κ3) is 8.34. The van der Waals surface area contributed by atoms with Crippen molar-refractivity contribution in [2.75, 3.05) is 31.6 Å². The molecule has 0 saturated heterocycles. The molecule has 0 aromatic heterocycles. The van der Waals surface area contributed by atoms with E-state index in [9.17, 15) is 18.0 Å². The number of methoxy groups -OCH3 is 2. The molecule has 1 N–H and O–H groups in total. The maximum Gasteiger partial charge on any atom is 0.264 e. The van der Waals surface area contributed by atoms with E-state index in [1.807, 2.05) is 13.8 Å². The molecule has 3 aromatic carbocycles. The molecule has 0 spiro atoms. The Balaban J connectivity index is 2.13. The Bertz CT molecular complexity index is 1510. The molecule has 0 aliphatic heterocycles. The number of aryl methyl sites for hydroxylation is 1. The van der Waals surface area contributed by atoms with Crippen molar-refractivity contribution in [2.24, 2.45) is 0 Å². The zero-order valence-electron chi connectivity index (χ0n) is 24.9. The van der Waals surface area contributed by atoms with Gasteiger partial charge in [-0.25, -0.2) is 8.42 Å². The minimum atomic E-state index is -4.31. The number of hydrogen-bond donors (Lipinski definition) is 1. The van der Waals surface area contributed by atoms with E-state index >= 15 is 0 Å². The summed E-state index contributed by atoms with van der Waals surface area (Å²) in [6.07, 6.45) is 1.64. The normalized spacial score (nSPS) is 11.9. The third-order valence-electron chi connectivity index (χ3n) is 6.93. The predicted octanol–water partition coefficient (Wildman–Crippen LogP) is 5.85. The lowest BCUT2D eigenvalue weighted by Gasteiger charge is -2.32. The van der Waals surface area contributed by atoms with Crippen molar-refractivity contribution < 1.29 is 27.5 Å². The van der Waals surface area contributed by atoms with E-state index in [0.29, 0.717) is 27.9 Å². The van der Waals surface area contributed by atoms with Crippen molar-refractivity contribution in [3.63, 3.8) is 0 Å². The van der Waals surface area contributed by atoms with Crippen LogP contribution >= 0.6 is 23.2 Å². The predicted molar refractivity (Wildman–Crippen MR) is 170 cm³/mol. The first-order chi connectivity index (χ1) is 20.4. The van der Waals surface area contributed by atoms with E-state index in [0.717, 1.165) is 22.7 Å². The molecule has 232 valence electrons. The second-order valence-electron chi connectivity index (χ2n) is 9.90. The lowest BCUT2D eigenvalue weighted by Crippen LogP contribution is -2.51. The van der Waals surface area contributed by atoms with Crippen LogP contribution in [0.1, 0.15) is 37.8 Å². The monoisotopic (exact) mass is 649 g/mol. The quantitative estimate of drug-likeness (QED) is 0.220. The van der Waals surface area contributed by atoms with Crippen LogP contribution in [0.25, 0.3) is 0 Å². The summed E-state index contributed by atoms with van der Waals surface area (Å²) in [5, 5.41) is 3.46. The van der Waals surface area contributed by atoms with Crippen molar-refractivity contribution >= 4 is 50.7 Å². The molecule has 2 amide bonds. The van der Waals surface area contributed by atoms with Crippen molar-refractivity contribution in [3.05, 3.63) is 81.8 Å². The minimum Gasteiger partial charge on any atom is -0.497 e. The summed E-state index contributed by atoms with van der Waals surface area (Å²) in [6, 6.07) is 14.9. The van der Waals surface area contributed by atoms with Gasteiger partial charge in [0.1, 0.15) is 24.1 Å². The summed E-state index contributed by atoms with van der Waals surface area (Å²) < 4.78 is 40.1. The fourth-order valence-electron chi connectivity index (χ4n) is 4.31. The van der Waals surface area contributed by atoms with Crippen molar-refractivity contribution in [3.8, 4) is 11.5 Å². The van der Waals surface area contributed by atoms with Gasteiger partial charge in [-0.1, -0.05) is 60.3 Å². The summed E-state index contributed by atoms with van der Waals surface area (Å²) >= 11 is 12.9. The minimum absolute atomic E-state index is 0.0261. The number of anilines is 1. The number of amides is 2. The summed E-state index contributed by atoms with van der Waals surface area (Å²) in [4.78, 5) is 28.6. The molecule has 0 aliphatic rings. The molecule has 0 unspecified atom stereocenters. The molecule has 3 rings (SSSR count). The number of hydrogen-bond acceptors (Lipinski definition) is 6. The maximum absolute atomic E-state index is 14.2. The topological polar surface area (TPSA) is 105 Å². The van der Waals surface area contributed by atoms with Gasteiger partial charge in [-0.3, -0.25) is 13.9 Å². The van der Waals surface area contributed by atoms with Crippen LogP contribution in [-0.2, 0) is 26.2 Å². The molecule has 43 heavy (non-hydrogen) atoms. The van der Waals surface area contributed by atoms with E-state index in [4.69, 9.17) is 32.7 Å². The number of sulfonamides is 1. The molecule has 0 saturated carbocycles. The lowest BCUT2D eigenvalue weighted by molar-refractivity contribution is -0.139. The second kappa shape index (κ2) is 15.3. The van der Waals surface area contributed by atoms with Crippen LogP contribution in [0.2, 0.25) is 10.0 Å². The zero-order chi connectivity index (χ0) is 31.7. The van der Waals surface area contributed by atoms with Gasteiger partial charge in [0.25, 0.3) is 10.0 Å². The van der Waals surface area contributed by atoms with E-state index in [2.05, 4.69) is 5.32 Å². The number of rotatable bonds is 14. The molecule has 0 radical (unpaired) electrons. The number of benzene rings is 3. The first-order valence-electron chi connectivity index (χ1n) is 13.8. The van der Waals surface area contributed by atoms with Gasteiger partial charge in [0.05, 0.1) is 24.8 Å². The van der Waals surface area contributed by atoms with Crippen molar-refractivity contribution in [2.45, 2.75) is 51.1 Å². The maximum atomic E-state index is 14.2. The first-order valence-corrected chi connectivity index (χ1v) is 16.0. The van der Waals surface area contributed by atoms with Gasteiger partial charge in [0, 0.05) is 34.8 Å². The lowest BCUT2D eigenvalue weighted by atomic mass is 10.1. The largest absolute Gasteiger partial charge is 0.497 e. The zero-order valence-corrected chi connectivity index (χ0v) is 27.2. The van der Waals surface area contributed by atoms with Crippen LogP contribution < -0.4 is 19.1 Å². The summed E-state index contributed by atoms with van der Waals surface area (Å²) in [6.45, 7) is 5.06. The van der Waals surface area contributed by atoms with Gasteiger partial charge >= 0.3 is 0 Å². The van der Waals surface area contributed by atoms with E-state index in [1.165, 1.54) is 37.3 Å². The summed E-state index contributed by atoms with van der Waals surface area (Å²) in [7, 11) is -1.46. The number of carbonyl (C=O) groups is 2. The number of unbranched alkanes of at least 4 members (excludes halogenated alkanes) is 1. The fraction of sp³-hybridized carbons (Fsp3) is 0.355. The molecule has 0 fully saturated rings. The van der Waals surface area contributed by atoms with Crippen LogP contribution in [0, 0.1) is 6.92 Å². The van der Waals surface area contributed by atoms with E-state index < -0.39 is 34.4 Å². The molecule has 0 heterocycles. The molecular weight excluding hydrogens is 613 g/mol. The SMILES string of the molecule is CCCCNC(=O)[C@H](C)N(Cc1c(Cl)cccc1Cl)C(=O)CN(c1cc(OC)ccc1OC)S(=O)(=O)c1ccc(C)cc1. The highest BCUT2D eigenvalue weighted by Crippen LogP contribution is 2.36. The van der Waals surface area contributed by atoms with Gasteiger partial charge in [-0.05, 0) is 56.7 Å². The van der Waals surface area contributed by atoms with E-state index in [1.54, 1.807) is 49.4 Å². The first kappa shape index (κ1) is 34.0. The number of halogens is 2. The Kier molecular flexibility index (Phi) is 12.1. The Hall–Kier alpha value is -3.47. The highest BCUT2D eigenvalue weighted by Gasteiger charge is 2.34. The number of nitrogens with zero attached hydrogens (tertiary/aromatic N) is 2. The molecule has 9 nitrogen and oxygen atoms in total. The standard InChI is InChI=1S/C31H37Cl2N3O6S/c1-6-7-17-34-31(38)22(3)35(19-25-26(32)9-8-10-27(25)33)30(37)20-36(28-18-23(41-4)13-16-29(28)42-5)43(39,40)24-14-11-21(2)12-15-24/h8-16,18,22H,6-7,17,19-20H2,1-5H3,(H,34,38)/t22-/m0/s1. The van der Waals surface area contributed by atoms with Crippen LogP contribution in [0.4, 0.5) is 5.69 Å².